The molecule has 0 saturated carbocycles. The summed E-state index contributed by atoms with van der Waals surface area (Å²) in [5.41, 5.74) is 0.865. The number of methoxy groups -OCH3 is 2. The molecule has 7 nitrogen and oxygen atoms in total. The molecule has 0 atom stereocenters. The number of anilines is 1. The van der Waals surface area contributed by atoms with Crippen molar-refractivity contribution in [3.8, 4) is 5.75 Å². The van der Waals surface area contributed by atoms with E-state index in [-0.39, 0.29) is 12.1 Å². The maximum absolute atomic E-state index is 12.3. The zero-order valence-electron chi connectivity index (χ0n) is 13.6. The van der Waals surface area contributed by atoms with Crippen molar-refractivity contribution in [2.24, 2.45) is 0 Å². The van der Waals surface area contributed by atoms with E-state index < -0.39 is 5.97 Å². The number of benzene rings is 1. The molecule has 7 heteroatoms. The predicted molar refractivity (Wildman–Crippen MR) is 85.0 cm³/mol. The summed E-state index contributed by atoms with van der Waals surface area (Å²) in [6.45, 7) is 1.34. The van der Waals surface area contributed by atoms with Crippen LogP contribution < -0.4 is 10.1 Å². The molecule has 1 saturated heterocycles. The number of ether oxygens (including phenoxy) is 3. The number of esters is 1. The number of carbonyl (C=O) groups is 2. The molecule has 1 heterocycles. The fraction of sp³-hybridized carbons (Fsp3) is 0.500. The van der Waals surface area contributed by atoms with Gasteiger partial charge in [0.2, 0.25) is 0 Å². The minimum atomic E-state index is -0.487. The molecule has 1 fully saturated rings. The van der Waals surface area contributed by atoms with Gasteiger partial charge in [-0.05, 0) is 25.0 Å². The number of rotatable bonds is 4. The van der Waals surface area contributed by atoms with E-state index in [1.165, 1.54) is 14.2 Å². The molecule has 126 valence electrons. The highest BCUT2D eigenvalue weighted by molar-refractivity contribution is 5.95. The summed E-state index contributed by atoms with van der Waals surface area (Å²) in [4.78, 5) is 25.6. The van der Waals surface area contributed by atoms with E-state index in [0.29, 0.717) is 30.2 Å². The summed E-state index contributed by atoms with van der Waals surface area (Å²) in [6.07, 6.45) is 1.66. The van der Waals surface area contributed by atoms with Crippen LogP contribution in [-0.2, 0) is 9.47 Å². The van der Waals surface area contributed by atoms with Gasteiger partial charge in [-0.1, -0.05) is 0 Å². The van der Waals surface area contributed by atoms with Crippen molar-refractivity contribution >= 4 is 17.7 Å². The molecule has 0 unspecified atom stereocenters. The van der Waals surface area contributed by atoms with E-state index in [2.05, 4.69) is 5.32 Å². The topological polar surface area (TPSA) is 77.1 Å². The smallest absolute Gasteiger partial charge is 0.341 e. The van der Waals surface area contributed by atoms with Crippen molar-refractivity contribution in [3.63, 3.8) is 0 Å². The predicted octanol–water partition coefficient (Wildman–Crippen LogP) is 2.12. The van der Waals surface area contributed by atoms with Crippen molar-refractivity contribution in [2.75, 3.05) is 39.8 Å². The number of urea groups is 1. The second kappa shape index (κ2) is 7.82. The van der Waals surface area contributed by atoms with Gasteiger partial charge in [-0.2, -0.15) is 0 Å². The second-order valence-electron chi connectivity index (χ2n) is 5.29. The molecular formula is C16H22N2O5. The monoisotopic (exact) mass is 322 g/mol. The minimum Gasteiger partial charge on any atom is -0.496 e. The average molecular weight is 322 g/mol. The van der Waals surface area contributed by atoms with Crippen molar-refractivity contribution in [1.82, 2.24) is 4.90 Å². The van der Waals surface area contributed by atoms with Crippen LogP contribution in [0.2, 0.25) is 0 Å². The van der Waals surface area contributed by atoms with Crippen LogP contribution >= 0.6 is 0 Å². The molecule has 2 amide bonds. The first kappa shape index (κ1) is 17.1. The van der Waals surface area contributed by atoms with Crippen LogP contribution in [0.5, 0.6) is 5.75 Å². The normalized spacial score (nSPS) is 14.9. The summed E-state index contributed by atoms with van der Waals surface area (Å²) in [5.74, 6) is -0.137. The minimum absolute atomic E-state index is 0.167. The van der Waals surface area contributed by atoms with Gasteiger partial charge in [-0.25, -0.2) is 9.59 Å². The zero-order chi connectivity index (χ0) is 16.8. The molecule has 1 aliphatic rings. The molecule has 1 aromatic carbocycles. The van der Waals surface area contributed by atoms with Gasteiger partial charge in [0.1, 0.15) is 11.3 Å². The molecule has 0 spiro atoms. The van der Waals surface area contributed by atoms with Gasteiger partial charge >= 0.3 is 12.0 Å². The average Bonchev–Trinajstić information content (AvgIpc) is 2.60. The third-order valence-electron chi connectivity index (χ3n) is 3.92. The van der Waals surface area contributed by atoms with Gasteiger partial charge < -0.3 is 24.4 Å². The molecule has 1 aliphatic heterocycles. The molecule has 0 bridgehead atoms. The Morgan fingerprint density at radius 1 is 1.26 bits per heavy atom. The summed E-state index contributed by atoms with van der Waals surface area (Å²) < 4.78 is 15.2. The fourth-order valence-corrected chi connectivity index (χ4v) is 2.50. The Bertz CT molecular complexity index is 570. The maximum atomic E-state index is 12.3. The summed E-state index contributed by atoms with van der Waals surface area (Å²) in [6, 6.07) is 4.77. The molecule has 1 aromatic rings. The van der Waals surface area contributed by atoms with Gasteiger partial charge in [0.05, 0.1) is 14.2 Å². The lowest BCUT2D eigenvalue weighted by Gasteiger charge is -2.31. The Balaban J connectivity index is 2.07. The van der Waals surface area contributed by atoms with Crippen LogP contribution in [0.15, 0.2) is 18.2 Å². The maximum Gasteiger partial charge on any atom is 0.341 e. The van der Waals surface area contributed by atoms with E-state index in [0.717, 1.165) is 12.8 Å². The molecule has 0 radical (unpaired) electrons. The number of nitrogens with zero attached hydrogens (tertiary/aromatic N) is 1. The molecule has 23 heavy (non-hydrogen) atoms. The van der Waals surface area contributed by atoms with Crippen LogP contribution in [0.25, 0.3) is 0 Å². The van der Waals surface area contributed by atoms with Crippen molar-refractivity contribution in [3.05, 3.63) is 23.8 Å². The number of amides is 2. The van der Waals surface area contributed by atoms with E-state index >= 15 is 0 Å². The highest BCUT2D eigenvalue weighted by atomic mass is 16.5. The summed E-state index contributed by atoms with van der Waals surface area (Å²) in [5, 5.41) is 2.81. The van der Waals surface area contributed by atoms with Gasteiger partial charge in [-0.3, -0.25) is 0 Å². The van der Waals surface area contributed by atoms with Crippen LogP contribution in [0.1, 0.15) is 23.2 Å². The Hall–Kier alpha value is -2.28. The molecule has 0 aliphatic carbocycles. The van der Waals surface area contributed by atoms with Crippen LogP contribution in [0.3, 0.4) is 0 Å². The molecule has 2 rings (SSSR count). The lowest BCUT2D eigenvalue weighted by atomic mass is 10.1. The standard InChI is InChI=1S/C16H22N2O5/c1-18(12-6-8-23-9-7-12)16(20)17-11-4-5-13(15(19)22-3)14(10-11)21-2/h4-5,10,12H,6-9H2,1-3H3,(H,17,20). The number of hydrogen-bond acceptors (Lipinski definition) is 5. The van der Waals surface area contributed by atoms with E-state index in [9.17, 15) is 9.59 Å². The third kappa shape index (κ3) is 4.13. The van der Waals surface area contributed by atoms with Crippen LogP contribution in [0, 0.1) is 0 Å². The Kier molecular flexibility index (Phi) is 5.81. The first-order valence-electron chi connectivity index (χ1n) is 7.44. The fourth-order valence-electron chi connectivity index (χ4n) is 2.50. The van der Waals surface area contributed by atoms with Gasteiger partial charge in [0, 0.05) is 38.1 Å². The Morgan fingerprint density at radius 3 is 2.57 bits per heavy atom. The second-order valence-corrected chi connectivity index (χ2v) is 5.29. The van der Waals surface area contributed by atoms with E-state index in [1.807, 2.05) is 0 Å². The quantitative estimate of drug-likeness (QED) is 0.859. The largest absolute Gasteiger partial charge is 0.496 e. The highest BCUT2D eigenvalue weighted by Crippen LogP contribution is 2.24. The highest BCUT2D eigenvalue weighted by Gasteiger charge is 2.23. The molecule has 1 N–H and O–H groups in total. The van der Waals surface area contributed by atoms with Gasteiger partial charge in [-0.15, -0.1) is 0 Å². The summed E-state index contributed by atoms with van der Waals surface area (Å²) >= 11 is 0. The first-order chi connectivity index (χ1) is 11.1. The lowest BCUT2D eigenvalue weighted by Crippen LogP contribution is -2.42. The number of hydrogen-bond donors (Lipinski definition) is 1. The lowest BCUT2D eigenvalue weighted by molar-refractivity contribution is 0.0544. The van der Waals surface area contributed by atoms with Gasteiger partial charge in [0.25, 0.3) is 0 Å². The van der Waals surface area contributed by atoms with E-state index in [4.69, 9.17) is 14.2 Å². The number of nitrogens with one attached hydrogen (secondary N) is 1. The zero-order valence-corrected chi connectivity index (χ0v) is 13.6. The van der Waals surface area contributed by atoms with Crippen LogP contribution in [0.4, 0.5) is 10.5 Å². The third-order valence-corrected chi connectivity index (χ3v) is 3.92. The Labute approximate surface area is 135 Å². The van der Waals surface area contributed by atoms with Crippen LogP contribution in [-0.4, -0.2) is 57.4 Å². The van der Waals surface area contributed by atoms with Gasteiger partial charge in [0.15, 0.2) is 0 Å². The molecule has 0 aromatic heterocycles. The van der Waals surface area contributed by atoms with Crippen molar-refractivity contribution in [2.45, 2.75) is 18.9 Å². The van der Waals surface area contributed by atoms with Crippen molar-refractivity contribution < 1.29 is 23.8 Å². The number of carbonyl (C=O) groups excluding carboxylic acids is 2. The SMILES string of the molecule is COC(=O)c1ccc(NC(=O)N(C)C2CCOCC2)cc1OC. The summed E-state index contributed by atoms with van der Waals surface area (Å²) in [7, 11) is 4.53. The first-order valence-corrected chi connectivity index (χ1v) is 7.44. The van der Waals surface area contributed by atoms with Crippen molar-refractivity contribution in [1.29, 1.82) is 0 Å². The Morgan fingerprint density at radius 2 is 1.96 bits per heavy atom. The molecular weight excluding hydrogens is 300 g/mol. The van der Waals surface area contributed by atoms with E-state index in [1.54, 1.807) is 30.1 Å².